The highest BCUT2D eigenvalue weighted by molar-refractivity contribution is 6.49. The standard InChI is InChI=1S/C13H9ClO4/c1-6-3-8(18-7(2)15)4-9-11(16)5-10(14)13(17)12(6)9/h3-5H,1-2H3. The molecule has 0 aromatic heterocycles. The van der Waals surface area contributed by atoms with Gasteiger partial charge >= 0.3 is 5.97 Å². The van der Waals surface area contributed by atoms with Gasteiger partial charge in [-0.2, -0.15) is 0 Å². The summed E-state index contributed by atoms with van der Waals surface area (Å²) >= 11 is 5.69. The first kappa shape index (κ1) is 12.5. The third-order valence-electron chi connectivity index (χ3n) is 2.54. The smallest absolute Gasteiger partial charge is 0.308 e. The molecule has 0 amide bonds. The molecule has 4 nitrogen and oxygen atoms in total. The number of carbonyl (C=O) groups is 3. The number of benzene rings is 1. The van der Waals surface area contributed by atoms with E-state index in [9.17, 15) is 14.4 Å². The van der Waals surface area contributed by atoms with Crippen molar-refractivity contribution in [3.63, 3.8) is 0 Å². The first-order valence-electron chi connectivity index (χ1n) is 5.19. The minimum Gasteiger partial charge on any atom is -0.427 e. The molecule has 1 aliphatic carbocycles. The van der Waals surface area contributed by atoms with Gasteiger partial charge in [-0.05, 0) is 24.6 Å². The van der Waals surface area contributed by atoms with Crippen LogP contribution in [0.4, 0.5) is 0 Å². The Morgan fingerprint density at radius 1 is 1.28 bits per heavy atom. The van der Waals surface area contributed by atoms with E-state index in [-0.39, 0.29) is 27.7 Å². The predicted molar refractivity (Wildman–Crippen MR) is 65.1 cm³/mol. The molecule has 18 heavy (non-hydrogen) atoms. The molecule has 0 bridgehead atoms. The monoisotopic (exact) mass is 264 g/mol. The van der Waals surface area contributed by atoms with E-state index >= 15 is 0 Å². The quantitative estimate of drug-likeness (QED) is 0.577. The van der Waals surface area contributed by atoms with Gasteiger partial charge in [0.25, 0.3) is 0 Å². The van der Waals surface area contributed by atoms with E-state index in [0.29, 0.717) is 5.56 Å². The summed E-state index contributed by atoms with van der Waals surface area (Å²) in [6.07, 6.45) is 1.07. The zero-order valence-electron chi connectivity index (χ0n) is 9.74. The number of rotatable bonds is 1. The van der Waals surface area contributed by atoms with Crippen LogP contribution in [0.2, 0.25) is 0 Å². The molecule has 1 aromatic carbocycles. The van der Waals surface area contributed by atoms with E-state index in [1.165, 1.54) is 19.1 Å². The molecule has 0 fully saturated rings. The summed E-state index contributed by atoms with van der Waals surface area (Å²) in [7, 11) is 0. The molecular weight excluding hydrogens is 256 g/mol. The Balaban J connectivity index is 2.60. The highest BCUT2D eigenvalue weighted by Crippen LogP contribution is 2.30. The lowest BCUT2D eigenvalue weighted by molar-refractivity contribution is -0.131. The van der Waals surface area contributed by atoms with Crippen molar-refractivity contribution in [1.29, 1.82) is 0 Å². The molecule has 1 aliphatic rings. The van der Waals surface area contributed by atoms with Gasteiger partial charge < -0.3 is 4.74 Å². The molecule has 0 radical (unpaired) electrons. The maximum Gasteiger partial charge on any atom is 0.308 e. The summed E-state index contributed by atoms with van der Waals surface area (Å²) in [6.45, 7) is 2.92. The summed E-state index contributed by atoms with van der Waals surface area (Å²) < 4.78 is 4.92. The number of carbonyl (C=O) groups excluding carboxylic acids is 3. The molecule has 0 heterocycles. The maximum atomic E-state index is 11.9. The molecule has 0 unspecified atom stereocenters. The van der Waals surface area contributed by atoms with Crippen LogP contribution < -0.4 is 4.74 Å². The minimum atomic E-state index is -0.488. The number of hydrogen-bond acceptors (Lipinski definition) is 4. The minimum absolute atomic E-state index is 0.101. The van der Waals surface area contributed by atoms with Gasteiger partial charge in [0, 0.05) is 24.1 Å². The van der Waals surface area contributed by atoms with Gasteiger partial charge in [0.2, 0.25) is 5.78 Å². The van der Waals surface area contributed by atoms with Crippen LogP contribution >= 0.6 is 11.6 Å². The number of Topliss-reactive ketones (excluding diaryl/α,β-unsaturated/α-hetero) is 1. The third-order valence-corrected chi connectivity index (χ3v) is 2.82. The Labute approximate surface area is 108 Å². The Morgan fingerprint density at radius 3 is 2.56 bits per heavy atom. The van der Waals surface area contributed by atoms with Crippen molar-refractivity contribution >= 4 is 29.1 Å². The fourth-order valence-corrected chi connectivity index (χ4v) is 2.05. The van der Waals surface area contributed by atoms with Crippen LogP contribution in [-0.4, -0.2) is 17.5 Å². The van der Waals surface area contributed by atoms with Crippen molar-refractivity contribution in [2.24, 2.45) is 0 Å². The lowest BCUT2D eigenvalue weighted by Crippen LogP contribution is -2.17. The Morgan fingerprint density at radius 2 is 1.94 bits per heavy atom. The van der Waals surface area contributed by atoms with Crippen LogP contribution in [0.1, 0.15) is 33.2 Å². The number of fused-ring (bicyclic) bond motifs is 1. The SMILES string of the molecule is CC(=O)Oc1cc(C)c2c(c1)C(=O)C=C(Cl)C2=O. The third kappa shape index (κ3) is 2.07. The summed E-state index contributed by atoms with van der Waals surface area (Å²) in [6, 6.07) is 2.91. The van der Waals surface area contributed by atoms with Crippen molar-refractivity contribution in [3.05, 3.63) is 39.9 Å². The zero-order valence-corrected chi connectivity index (χ0v) is 10.5. The molecule has 0 N–H and O–H groups in total. The molecule has 0 spiro atoms. The molecule has 92 valence electrons. The van der Waals surface area contributed by atoms with Crippen LogP contribution in [0.15, 0.2) is 23.2 Å². The number of halogens is 1. The van der Waals surface area contributed by atoms with E-state index in [0.717, 1.165) is 6.08 Å². The first-order valence-corrected chi connectivity index (χ1v) is 5.57. The lowest BCUT2D eigenvalue weighted by atomic mass is 9.91. The zero-order chi connectivity index (χ0) is 13.4. The highest BCUT2D eigenvalue weighted by atomic mass is 35.5. The highest BCUT2D eigenvalue weighted by Gasteiger charge is 2.27. The van der Waals surface area contributed by atoms with Gasteiger partial charge in [-0.25, -0.2) is 0 Å². The first-order chi connectivity index (χ1) is 8.40. The fraction of sp³-hybridized carbons (Fsp3) is 0.154. The van der Waals surface area contributed by atoms with E-state index in [1.807, 2.05) is 0 Å². The summed E-state index contributed by atoms with van der Waals surface area (Å²) in [5.41, 5.74) is 1.03. The van der Waals surface area contributed by atoms with Crippen molar-refractivity contribution < 1.29 is 19.1 Å². The molecule has 0 saturated heterocycles. The molecule has 0 aliphatic heterocycles. The van der Waals surface area contributed by atoms with Crippen molar-refractivity contribution in [2.75, 3.05) is 0 Å². The number of esters is 1. The maximum absolute atomic E-state index is 11.9. The molecular formula is C13H9ClO4. The van der Waals surface area contributed by atoms with Gasteiger partial charge in [0.05, 0.1) is 5.03 Å². The van der Waals surface area contributed by atoms with Gasteiger partial charge in [-0.3, -0.25) is 14.4 Å². The molecule has 5 heteroatoms. The Hall–Kier alpha value is -1.94. The lowest BCUT2D eigenvalue weighted by Gasteiger charge is -2.15. The molecule has 0 atom stereocenters. The number of aryl methyl sites for hydroxylation is 1. The predicted octanol–water partition coefficient (Wildman–Crippen LogP) is 2.42. The number of hydrogen-bond donors (Lipinski definition) is 0. The van der Waals surface area contributed by atoms with Crippen LogP contribution in [0.3, 0.4) is 0 Å². The van der Waals surface area contributed by atoms with Crippen molar-refractivity contribution in [2.45, 2.75) is 13.8 Å². The van der Waals surface area contributed by atoms with Crippen LogP contribution in [0.25, 0.3) is 0 Å². The van der Waals surface area contributed by atoms with Crippen LogP contribution in [0, 0.1) is 6.92 Å². The number of ketones is 2. The van der Waals surface area contributed by atoms with Gasteiger partial charge in [0.15, 0.2) is 5.78 Å². The molecule has 2 rings (SSSR count). The summed E-state index contributed by atoms with van der Waals surface area (Å²) in [5, 5.41) is -0.101. The van der Waals surface area contributed by atoms with E-state index in [1.54, 1.807) is 6.92 Å². The Kier molecular flexibility index (Phi) is 3.05. The average Bonchev–Trinajstić information content (AvgIpc) is 2.24. The van der Waals surface area contributed by atoms with Gasteiger partial charge in [-0.1, -0.05) is 11.6 Å². The summed E-state index contributed by atoms with van der Waals surface area (Å²) in [4.78, 5) is 34.5. The summed E-state index contributed by atoms with van der Waals surface area (Å²) in [5.74, 6) is -1.01. The number of ether oxygens (including phenoxy) is 1. The van der Waals surface area contributed by atoms with Gasteiger partial charge in [-0.15, -0.1) is 0 Å². The fourth-order valence-electron chi connectivity index (χ4n) is 1.85. The second-order valence-corrected chi connectivity index (χ2v) is 4.35. The number of allylic oxidation sites excluding steroid dienone is 2. The second-order valence-electron chi connectivity index (χ2n) is 3.94. The van der Waals surface area contributed by atoms with Crippen LogP contribution in [-0.2, 0) is 4.79 Å². The van der Waals surface area contributed by atoms with Crippen molar-refractivity contribution in [3.8, 4) is 5.75 Å². The van der Waals surface area contributed by atoms with E-state index in [2.05, 4.69) is 0 Å². The van der Waals surface area contributed by atoms with E-state index in [4.69, 9.17) is 16.3 Å². The normalized spacial score (nSPS) is 14.1. The molecule has 0 saturated carbocycles. The largest absolute Gasteiger partial charge is 0.427 e. The van der Waals surface area contributed by atoms with Crippen LogP contribution in [0.5, 0.6) is 5.75 Å². The van der Waals surface area contributed by atoms with Crippen molar-refractivity contribution in [1.82, 2.24) is 0 Å². The second kappa shape index (κ2) is 4.38. The van der Waals surface area contributed by atoms with E-state index < -0.39 is 11.8 Å². The van der Waals surface area contributed by atoms with Gasteiger partial charge in [0.1, 0.15) is 5.75 Å². The average molecular weight is 265 g/mol. The molecule has 1 aromatic rings. The Bertz CT molecular complexity index is 614. The topological polar surface area (TPSA) is 60.4 Å².